The van der Waals surface area contributed by atoms with E-state index in [4.69, 9.17) is 16.3 Å². The Morgan fingerprint density at radius 2 is 1.83 bits per heavy atom. The Morgan fingerprint density at radius 3 is 2.43 bits per heavy atom. The van der Waals surface area contributed by atoms with E-state index in [2.05, 4.69) is 26.1 Å². The Morgan fingerprint density at radius 1 is 1.17 bits per heavy atom. The third kappa shape index (κ3) is 6.64. The third-order valence-electron chi connectivity index (χ3n) is 4.51. The molecule has 2 aromatic rings. The first-order valence-electron chi connectivity index (χ1n) is 9.62. The minimum atomic E-state index is -3.66. The molecule has 1 N–H and O–H groups in total. The lowest BCUT2D eigenvalue weighted by atomic mass is 9.86. The van der Waals surface area contributed by atoms with Crippen LogP contribution in [-0.4, -0.2) is 40.3 Å². The monoisotopic (exact) mass is 452 g/mol. The van der Waals surface area contributed by atoms with E-state index >= 15 is 0 Å². The van der Waals surface area contributed by atoms with Crippen molar-refractivity contribution in [2.45, 2.75) is 33.1 Å². The lowest BCUT2D eigenvalue weighted by molar-refractivity contribution is -0.119. The summed E-state index contributed by atoms with van der Waals surface area (Å²) in [5.41, 5.74) is 2.19. The number of hydrogen-bond donors (Lipinski definition) is 1. The van der Waals surface area contributed by atoms with Crippen LogP contribution in [0.15, 0.2) is 42.5 Å². The molecule has 0 fully saturated rings. The maximum atomic E-state index is 12.4. The van der Waals surface area contributed by atoms with Crippen LogP contribution in [0, 0.1) is 6.92 Å². The highest BCUT2D eigenvalue weighted by Gasteiger charge is 2.22. The Bertz CT molecular complexity index is 1000. The first-order chi connectivity index (χ1) is 13.9. The number of para-hydroxylation sites is 1. The highest BCUT2D eigenvalue weighted by molar-refractivity contribution is 7.92. The minimum absolute atomic E-state index is 0.0643. The fourth-order valence-corrected chi connectivity index (χ4v) is 3.91. The van der Waals surface area contributed by atoms with E-state index in [9.17, 15) is 13.2 Å². The van der Waals surface area contributed by atoms with Crippen molar-refractivity contribution in [3.63, 3.8) is 0 Å². The molecule has 0 unspecified atom stereocenters. The van der Waals surface area contributed by atoms with Crippen LogP contribution in [0.25, 0.3) is 0 Å². The van der Waals surface area contributed by atoms with E-state index in [0.29, 0.717) is 10.7 Å². The second-order valence-corrected chi connectivity index (χ2v) is 10.5. The Hall–Kier alpha value is -2.25. The zero-order chi connectivity index (χ0) is 22.5. The molecule has 0 atom stereocenters. The molecule has 2 aromatic carbocycles. The van der Waals surface area contributed by atoms with Gasteiger partial charge >= 0.3 is 0 Å². The first-order valence-corrected chi connectivity index (χ1v) is 11.8. The summed E-state index contributed by atoms with van der Waals surface area (Å²) in [7, 11) is -3.66. The summed E-state index contributed by atoms with van der Waals surface area (Å²) in [4.78, 5) is 12.4. The molecule has 6 nitrogen and oxygen atoms in total. The van der Waals surface area contributed by atoms with Gasteiger partial charge in [0.25, 0.3) is 0 Å². The number of ether oxygens (including phenoxy) is 1. The second kappa shape index (κ2) is 9.71. The van der Waals surface area contributed by atoms with Crippen LogP contribution in [0.3, 0.4) is 0 Å². The largest absolute Gasteiger partial charge is 0.491 e. The molecule has 1 amide bonds. The fourth-order valence-electron chi connectivity index (χ4n) is 2.89. The zero-order valence-electron chi connectivity index (χ0n) is 18.0. The number of carbonyl (C=O) groups is 1. The number of amides is 1. The van der Waals surface area contributed by atoms with Gasteiger partial charge < -0.3 is 10.1 Å². The molecule has 2 rings (SSSR count). The van der Waals surface area contributed by atoms with Crippen molar-refractivity contribution in [2.24, 2.45) is 0 Å². The molecule has 0 heterocycles. The average Bonchev–Trinajstić information content (AvgIpc) is 2.64. The number of nitrogens with one attached hydrogen (secondary N) is 1. The van der Waals surface area contributed by atoms with Crippen LogP contribution >= 0.6 is 11.6 Å². The predicted octanol–water partition coefficient (Wildman–Crippen LogP) is 3.91. The number of rotatable bonds is 8. The molecule has 0 aliphatic rings. The normalized spacial score (nSPS) is 11.8. The van der Waals surface area contributed by atoms with Crippen molar-refractivity contribution < 1.29 is 17.9 Å². The van der Waals surface area contributed by atoms with Crippen molar-refractivity contribution in [3.8, 4) is 5.75 Å². The Balaban J connectivity index is 1.97. The molecule has 0 aliphatic carbocycles. The number of sulfonamides is 1. The summed E-state index contributed by atoms with van der Waals surface area (Å²) >= 11 is 6.11. The van der Waals surface area contributed by atoms with Crippen molar-refractivity contribution >= 4 is 33.2 Å². The molecule has 0 bridgehead atoms. The molecule has 0 saturated carbocycles. The number of carbonyl (C=O) groups excluding carboxylic acids is 1. The van der Waals surface area contributed by atoms with Crippen LogP contribution < -0.4 is 14.4 Å². The highest BCUT2D eigenvalue weighted by atomic mass is 35.5. The van der Waals surface area contributed by atoms with Crippen molar-refractivity contribution in [2.75, 3.05) is 30.3 Å². The zero-order valence-corrected chi connectivity index (χ0v) is 19.6. The number of halogens is 1. The van der Waals surface area contributed by atoms with Gasteiger partial charge in [0.05, 0.1) is 18.5 Å². The standard InChI is InChI=1S/C22H29ClN2O4S/c1-16-10-11-17(14-19(16)23)25(30(5,27)28)15-21(26)24-12-13-29-20-9-7-6-8-18(20)22(2,3)4/h6-11,14H,12-13,15H2,1-5H3,(H,24,26). The molecular weight excluding hydrogens is 424 g/mol. The maximum Gasteiger partial charge on any atom is 0.240 e. The molecule has 164 valence electrons. The van der Waals surface area contributed by atoms with Crippen molar-refractivity contribution in [1.29, 1.82) is 0 Å². The van der Waals surface area contributed by atoms with E-state index in [1.165, 1.54) is 6.07 Å². The van der Waals surface area contributed by atoms with Gasteiger partial charge in [-0.15, -0.1) is 0 Å². The maximum absolute atomic E-state index is 12.4. The highest BCUT2D eigenvalue weighted by Crippen LogP contribution is 2.30. The topological polar surface area (TPSA) is 75.7 Å². The van der Waals surface area contributed by atoms with Crippen molar-refractivity contribution in [1.82, 2.24) is 5.32 Å². The van der Waals surface area contributed by atoms with Crippen LogP contribution in [0.2, 0.25) is 5.02 Å². The molecule has 30 heavy (non-hydrogen) atoms. The number of hydrogen-bond acceptors (Lipinski definition) is 4. The molecule has 0 spiro atoms. The van der Waals surface area contributed by atoms with Gasteiger partial charge in [0.2, 0.25) is 15.9 Å². The number of nitrogens with zero attached hydrogens (tertiary/aromatic N) is 1. The van der Waals surface area contributed by atoms with Gasteiger partial charge in [0, 0.05) is 5.02 Å². The van der Waals surface area contributed by atoms with Crippen LogP contribution in [0.5, 0.6) is 5.75 Å². The minimum Gasteiger partial charge on any atom is -0.491 e. The van der Waals surface area contributed by atoms with Gasteiger partial charge in [-0.2, -0.15) is 0 Å². The summed E-state index contributed by atoms with van der Waals surface area (Å²) in [6.45, 7) is 8.33. The number of aryl methyl sites for hydroxylation is 1. The molecule has 0 radical (unpaired) electrons. The quantitative estimate of drug-likeness (QED) is 0.616. The summed E-state index contributed by atoms with van der Waals surface area (Å²) in [6, 6.07) is 12.7. The van der Waals surface area contributed by atoms with Crippen molar-refractivity contribution in [3.05, 3.63) is 58.6 Å². The van der Waals surface area contributed by atoms with Gasteiger partial charge in [0.15, 0.2) is 0 Å². The Labute approximate surface area is 184 Å². The van der Waals surface area contributed by atoms with Gasteiger partial charge in [-0.05, 0) is 41.7 Å². The van der Waals surface area contributed by atoms with Crippen LogP contribution in [-0.2, 0) is 20.2 Å². The SMILES string of the molecule is Cc1ccc(N(CC(=O)NCCOc2ccccc2C(C)(C)C)S(C)(=O)=O)cc1Cl. The van der Waals surface area contributed by atoms with Gasteiger partial charge in [-0.25, -0.2) is 8.42 Å². The van der Waals surface area contributed by atoms with Gasteiger partial charge in [-0.1, -0.05) is 56.6 Å². The first kappa shape index (κ1) is 24.0. The van der Waals surface area contributed by atoms with E-state index in [1.54, 1.807) is 12.1 Å². The number of anilines is 1. The van der Waals surface area contributed by atoms with E-state index in [1.807, 2.05) is 31.2 Å². The predicted molar refractivity (Wildman–Crippen MR) is 122 cm³/mol. The summed E-state index contributed by atoms with van der Waals surface area (Å²) in [5.74, 6) is 0.344. The lowest BCUT2D eigenvalue weighted by Crippen LogP contribution is -2.41. The van der Waals surface area contributed by atoms with E-state index < -0.39 is 15.9 Å². The Kier molecular flexibility index (Phi) is 7.77. The molecule has 0 saturated heterocycles. The molecule has 0 aromatic heterocycles. The average molecular weight is 453 g/mol. The second-order valence-electron chi connectivity index (χ2n) is 8.15. The molecule has 8 heteroatoms. The fraction of sp³-hybridized carbons (Fsp3) is 0.409. The van der Waals surface area contributed by atoms with Crippen LogP contribution in [0.4, 0.5) is 5.69 Å². The molecule has 0 aliphatic heterocycles. The van der Waals surface area contributed by atoms with E-state index in [0.717, 1.165) is 27.4 Å². The smallest absolute Gasteiger partial charge is 0.240 e. The molecular formula is C22H29ClN2O4S. The third-order valence-corrected chi connectivity index (χ3v) is 6.06. The summed E-state index contributed by atoms with van der Waals surface area (Å²) in [5, 5.41) is 3.14. The summed E-state index contributed by atoms with van der Waals surface area (Å²) in [6.07, 6.45) is 1.06. The van der Waals surface area contributed by atoms with Gasteiger partial charge in [0.1, 0.15) is 18.9 Å². The van der Waals surface area contributed by atoms with Crippen LogP contribution in [0.1, 0.15) is 31.9 Å². The lowest BCUT2D eigenvalue weighted by Gasteiger charge is -2.23. The number of benzene rings is 2. The van der Waals surface area contributed by atoms with E-state index in [-0.39, 0.29) is 25.1 Å². The summed E-state index contributed by atoms with van der Waals surface area (Å²) < 4.78 is 31.2. The van der Waals surface area contributed by atoms with Gasteiger partial charge in [-0.3, -0.25) is 9.10 Å².